The molecule has 1 aromatic rings. The van der Waals surface area contributed by atoms with Gasteiger partial charge in [-0.05, 0) is 52.4 Å². The van der Waals surface area contributed by atoms with Crippen molar-refractivity contribution in [3.8, 4) is 0 Å². The second kappa shape index (κ2) is 5.87. The van der Waals surface area contributed by atoms with Gasteiger partial charge in [0.05, 0.1) is 0 Å². The van der Waals surface area contributed by atoms with Crippen LogP contribution in [0.3, 0.4) is 0 Å². The van der Waals surface area contributed by atoms with E-state index in [1.807, 2.05) is 52.1 Å². The first-order chi connectivity index (χ1) is 8.31. The summed E-state index contributed by atoms with van der Waals surface area (Å²) in [5, 5.41) is 5.86. The SMILES string of the molecule is CNC(C)c1ccc(NC(=O)OC(C)(C)C)cc1. The highest BCUT2D eigenvalue weighted by Crippen LogP contribution is 2.16. The number of hydrogen-bond acceptors (Lipinski definition) is 3. The van der Waals surface area contributed by atoms with Crippen molar-refractivity contribution in [3.63, 3.8) is 0 Å². The van der Waals surface area contributed by atoms with Crippen LogP contribution in [-0.4, -0.2) is 18.7 Å². The zero-order valence-corrected chi connectivity index (χ0v) is 11.7. The van der Waals surface area contributed by atoms with Gasteiger partial charge in [0.2, 0.25) is 0 Å². The molecule has 0 radical (unpaired) electrons. The van der Waals surface area contributed by atoms with Crippen LogP contribution in [0.25, 0.3) is 0 Å². The Labute approximate surface area is 109 Å². The first-order valence-corrected chi connectivity index (χ1v) is 6.09. The van der Waals surface area contributed by atoms with Crippen LogP contribution in [0.15, 0.2) is 24.3 Å². The normalized spacial score (nSPS) is 12.9. The molecule has 4 heteroatoms. The van der Waals surface area contributed by atoms with Crippen molar-refractivity contribution in [1.82, 2.24) is 5.32 Å². The van der Waals surface area contributed by atoms with Crippen LogP contribution >= 0.6 is 0 Å². The molecule has 0 bridgehead atoms. The lowest BCUT2D eigenvalue weighted by molar-refractivity contribution is 0.0636. The fraction of sp³-hybridized carbons (Fsp3) is 0.500. The first-order valence-electron chi connectivity index (χ1n) is 6.09. The number of anilines is 1. The molecule has 18 heavy (non-hydrogen) atoms. The Morgan fingerprint density at radius 1 is 1.22 bits per heavy atom. The molecule has 0 fully saturated rings. The lowest BCUT2D eigenvalue weighted by Crippen LogP contribution is -2.27. The van der Waals surface area contributed by atoms with Gasteiger partial charge in [-0.1, -0.05) is 12.1 Å². The number of hydrogen-bond donors (Lipinski definition) is 2. The van der Waals surface area contributed by atoms with Gasteiger partial charge in [-0.15, -0.1) is 0 Å². The molecule has 0 aromatic heterocycles. The largest absolute Gasteiger partial charge is 0.444 e. The van der Waals surface area contributed by atoms with Gasteiger partial charge >= 0.3 is 6.09 Å². The standard InChI is InChI=1S/C14H22N2O2/c1-10(15-5)11-6-8-12(9-7-11)16-13(17)18-14(2,3)4/h6-10,15H,1-5H3,(H,16,17). The molecule has 1 atom stereocenters. The summed E-state index contributed by atoms with van der Waals surface area (Å²) >= 11 is 0. The quantitative estimate of drug-likeness (QED) is 0.865. The predicted octanol–water partition coefficient (Wildman–Crippen LogP) is 3.31. The van der Waals surface area contributed by atoms with Crippen LogP contribution < -0.4 is 10.6 Å². The van der Waals surface area contributed by atoms with E-state index < -0.39 is 11.7 Å². The minimum absolute atomic E-state index is 0.292. The Morgan fingerprint density at radius 2 is 1.78 bits per heavy atom. The molecule has 4 nitrogen and oxygen atoms in total. The Bertz CT molecular complexity index is 393. The summed E-state index contributed by atoms with van der Waals surface area (Å²) in [5.74, 6) is 0. The molecule has 1 unspecified atom stereocenters. The van der Waals surface area contributed by atoms with Crippen molar-refractivity contribution in [2.45, 2.75) is 39.3 Å². The van der Waals surface area contributed by atoms with Crippen LogP contribution in [0.2, 0.25) is 0 Å². The topological polar surface area (TPSA) is 50.4 Å². The zero-order chi connectivity index (χ0) is 13.8. The van der Waals surface area contributed by atoms with E-state index in [-0.39, 0.29) is 0 Å². The van der Waals surface area contributed by atoms with E-state index in [1.54, 1.807) is 0 Å². The molecular weight excluding hydrogens is 228 g/mol. The molecule has 0 saturated heterocycles. The number of carbonyl (C=O) groups is 1. The fourth-order valence-corrected chi connectivity index (χ4v) is 1.44. The summed E-state index contributed by atoms with van der Waals surface area (Å²) in [6, 6.07) is 7.99. The number of ether oxygens (including phenoxy) is 1. The van der Waals surface area contributed by atoms with Crippen LogP contribution in [0, 0.1) is 0 Å². The molecule has 0 spiro atoms. The molecule has 1 aromatic carbocycles. The number of rotatable bonds is 3. The third-order valence-electron chi connectivity index (χ3n) is 2.49. The minimum atomic E-state index is -0.481. The minimum Gasteiger partial charge on any atom is -0.444 e. The lowest BCUT2D eigenvalue weighted by Gasteiger charge is -2.19. The summed E-state index contributed by atoms with van der Waals surface area (Å²) in [7, 11) is 1.91. The number of amides is 1. The van der Waals surface area contributed by atoms with Crippen LogP contribution in [-0.2, 0) is 4.74 Å². The molecule has 0 heterocycles. The Kier molecular flexibility index (Phi) is 4.73. The van der Waals surface area contributed by atoms with Crippen molar-refractivity contribution in [3.05, 3.63) is 29.8 Å². The van der Waals surface area contributed by atoms with E-state index >= 15 is 0 Å². The van der Waals surface area contributed by atoms with Gasteiger partial charge in [-0.3, -0.25) is 5.32 Å². The third kappa shape index (κ3) is 4.75. The summed E-state index contributed by atoms with van der Waals surface area (Å²) in [6.07, 6.45) is -0.433. The second-order valence-electron chi connectivity index (χ2n) is 5.26. The van der Waals surface area contributed by atoms with Crippen molar-refractivity contribution in [1.29, 1.82) is 0 Å². The van der Waals surface area contributed by atoms with Crippen LogP contribution in [0.5, 0.6) is 0 Å². The molecule has 2 N–H and O–H groups in total. The summed E-state index contributed by atoms with van der Waals surface area (Å²) < 4.78 is 5.18. The Morgan fingerprint density at radius 3 is 2.22 bits per heavy atom. The summed E-state index contributed by atoms with van der Waals surface area (Å²) in [5.41, 5.74) is 1.42. The average molecular weight is 250 g/mol. The molecule has 0 aliphatic heterocycles. The van der Waals surface area contributed by atoms with E-state index in [0.717, 1.165) is 5.69 Å². The van der Waals surface area contributed by atoms with Crippen molar-refractivity contribution in [2.75, 3.05) is 12.4 Å². The molecule has 100 valence electrons. The number of carbonyl (C=O) groups excluding carboxylic acids is 1. The van der Waals surface area contributed by atoms with Gasteiger partial charge in [-0.25, -0.2) is 4.79 Å². The zero-order valence-electron chi connectivity index (χ0n) is 11.7. The Balaban J connectivity index is 2.61. The van der Waals surface area contributed by atoms with Crippen LogP contribution in [0.1, 0.15) is 39.3 Å². The summed E-state index contributed by atoms with van der Waals surface area (Å²) in [6.45, 7) is 7.59. The maximum atomic E-state index is 11.6. The Hall–Kier alpha value is -1.55. The maximum Gasteiger partial charge on any atom is 0.412 e. The molecule has 0 aliphatic carbocycles. The van der Waals surface area contributed by atoms with Gasteiger partial charge in [0, 0.05) is 11.7 Å². The highest BCUT2D eigenvalue weighted by molar-refractivity contribution is 5.84. The van der Waals surface area contributed by atoms with E-state index in [1.165, 1.54) is 5.56 Å². The monoisotopic (exact) mass is 250 g/mol. The molecule has 1 rings (SSSR count). The van der Waals surface area contributed by atoms with Gasteiger partial charge in [0.25, 0.3) is 0 Å². The molecular formula is C14H22N2O2. The number of nitrogens with one attached hydrogen (secondary N) is 2. The van der Waals surface area contributed by atoms with E-state index in [2.05, 4.69) is 17.6 Å². The van der Waals surface area contributed by atoms with E-state index in [4.69, 9.17) is 4.74 Å². The van der Waals surface area contributed by atoms with Gasteiger partial charge in [0.1, 0.15) is 5.60 Å². The molecule has 0 saturated carbocycles. The average Bonchev–Trinajstić information content (AvgIpc) is 2.26. The van der Waals surface area contributed by atoms with Gasteiger partial charge in [-0.2, -0.15) is 0 Å². The smallest absolute Gasteiger partial charge is 0.412 e. The van der Waals surface area contributed by atoms with Gasteiger partial charge in [0.15, 0.2) is 0 Å². The molecule has 1 amide bonds. The van der Waals surface area contributed by atoms with E-state index in [9.17, 15) is 4.79 Å². The maximum absolute atomic E-state index is 11.6. The van der Waals surface area contributed by atoms with Crippen molar-refractivity contribution in [2.24, 2.45) is 0 Å². The van der Waals surface area contributed by atoms with E-state index in [0.29, 0.717) is 6.04 Å². The highest BCUT2D eigenvalue weighted by Gasteiger charge is 2.16. The summed E-state index contributed by atoms with van der Waals surface area (Å²) in [4.78, 5) is 11.6. The number of benzene rings is 1. The first kappa shape index (κ1) is 14.5. The van der Waals surface area contributed by atoms with Gasteiger partial charge < -0.3 is 10.1 Å². The fourth-order valence-electron chi connectivity index (χ4n) is 1.44. The molecule has 0 aliphatic rings. The predicted molar refractivity (Wildman–Crippen MR) is 73.8 cm³/mol. The van der Waals surface area contributed by atoms with Crippen LogP contribution in [0.4, 0.5) is 10.5 Å². The van der Waals surface area contributed by atoms with Crippen molar-refractivity contribution < 1.29 is 9.53 Å². The third-order valence-corrected chi connectivity index (χ3v) is 2.49. The second-order valence-corrected chi connectivity index (χ2v) is 5.26. The van der Waals surface area contributed by atoms with Crippen molar-refractivity contribution >= 4 is 11.8 Å². The highest BCUT2D eigenvalue weighted by atomic mass is 16.6. The lowest BCUT2D eigenvalue weighted by atomic mass is 10.1.